The maximum absolute atomic E-state index is 11.4. The zero-order valence-electron chi connectivity index (χ0n) is 15.4. The Balaban J connectivity index is 3.41. The molecule has 7 nitrogen and oxygen atoms in total. The van der Waals surface area contributed by atoms with Crippen molar-refractivity contribution in [3.05, 3.63) is 0 Å². The molecule has 0 aromatic carbocycles. The van der Waals surface area contributed by atoms with Gasteiger partial charge in [-0.25, -0.2) is 9.59 Å². The summed E-state index contributed by atoms with van der Waals surface area (Å²) in [6.45, 7) is 13.7. The number of nitrogens with one attached hydrogen (secondary N) is 3. The van der Waals surface area contributed by atoms with E-state index in [1.807, 2.05) is 41.5 Å². The lowest BCUT2D eigenvalue weighted by molar-refractivity contribution is 0.0516. The van der Waals surface area contributed by atoms with Gasteiger partial charge in [0, 0.05) is 13.1 Å². The number of alkyl carbamates (subject to hydrolysis) is 2. The van der Waals surface area contributed by atoms with Gasteiger partial charge in [-0.05, 0) is 67.5 Å². The highest BCUT2D eigenvalue weighted by Crippen LogP contribution is 2.06. The fraction of sp³-hybridized carbons (Fsp3) is 0.875. The van der Waals surface area contributed by atoms with Gasteiger partial charge in [0.15, 0.2) is 0 Å². The van der Waals surface area contributed by atoms with Gasteiger partial charge in [0.1, 0.15) is 11.2 Å². The van der Waals surface area contributed by atoms with Gasteiger partial charge in [-0.15, -0.1) is 0 Å². The van der Waals surface area contributed by atoms with Crippen LogP contribution in [0.25, 0.3) is 0 Å². The van der Waals surface area contributed by atoms with Crippen LogP contribution in [0.3, 0.4) is 0 Å². The van der Waals surface area contributed by atoms with Crippen LogP contribution in [0.15, 0.2) is 0 Å². The van der Waals surface area contributed by atoms with Gasteiger partial charge >= 0.3 is 12.2 Å². The van der Waals surface area contributed by atoms with E-state index in [1.54, 1.807) is 0 Å². The second-order valence-corrected chi connectivity index (χ2v) is 7.31. The zero-order chi connectivity index (χ0) is 17.9. The molecule has 0 aliphatic rings. The first-order chi connectivity index (χ1) is 10.5. The molecule has 136 valence electrons. The van der Waals surface area contributed by atoms with Crippen LogP contribution in [0.1, 0.15) is 54.4 Å². The Morgan fingerprint density at radius 2 is 1.04 bits per heavy atom. The van der Waals surface area contributed by atoms with Crippen LogP contribution in [0.2, 0.25) is 0 Å². The molecule has 0 aliphatic carbocycles. The van der Waals surface area contributed by atoms with Crippen LogP contribution >= 0.6 is 0 Å². The van der Waals surface area contributed by atoms with Gasteiger partial charge in [-0.1, -0.05) is 0 Å². The van der Waals surface area contributed by atoms with Gasteiger partial charge in [0.2, 0.25) is 0 Å². The maximum atomic E-state index is 11.4. The van der Waals surface area contributed by atoms with Crippen molar-refractivity contribution in [3.8, 4) is 0 Å². The van der Waals surface area contributed by atoms with E-state index in [0.717, 1.165) is 25.9 Å². The zero-order valence-corrected chi connectivity index (χ0v) is 15.4. The Labute approximate surface area is 139 Å². The molecule has 0 unspecified atom stereocenters. The summed E-state index contributed by atoms with van der Waals surface area (Å²) in [7, 11) is 0. The third-order valence-corrected chi connectivity index (χ3v) is 2.40. The lowest BCUT2D eigenvalue weighted by atomic mass is 10.2. The first kappa shape index (κ1) is 21.5. The molecule has 0 aromatic heterocycles. The topological polar surface area (TPSA) is 88.7 Å². The summed E-state index contributed by atoms with van der Waals surface area (Å²) in [5.41, 5.74) is -0.938. The summed E-state index contributed by atoms with van der Waals surface area (Å²) in [6, 6.07) is 0. The second-order valence-electron chi connectivity index (χ2n) is 7.31. The SMILES string of the molecule is CC(C)(C)OC(=O)NCCCNCCCNC(=O)OC(C)(C)C. The summed E-state index contributed by atoms with van der Waals surface area (Å²) in [5.74, 6) is 0. The van der Waals surface area contributed by atoms with Crippen LogP contribution in [-0.2, 0) is 9.47 Å². The first-order valence-electron chi connectivity index (χ1n) is 8.14. The fourth-order valence-electron chi connectivity index (χ4n) is 1.56. The minimum atomic E-state index is -0.469. The predicted molar refractivity (Wildman–Crippen MR) is 90.6 cm³/mol. The van der Waals surface area contributed by atoms with Gasteiger partial charge in [-0.3, -0.25) is 0 Å². The first-order valence-corrected chi connectivity index (χ1v) is 8.14. The number of hydrogen-bond acceptors (Lipinski definition) is 5. The average molecular weight is 331 g/mol. The van der Waals surface area contributed by atoms with Crippen molar-refractivity contribution in [1.29, 1.82) is 0 Å². The van der Waals surface area contributed by atoms with Gasteiger partial charge < -0.3 is 25.4 Å². The molecule has 0 radical (unpaired) electrons. The molecule has 0 aromatic rings. The van der Waals surface area contributed by atoms with E-state index in [1.165, 1.54) is 0 Å². The minimum Gasteiger partial charge on any atom is -0.444 e. The van der Waals surface area contributed by atoms with Crippen LogP contribution in [0.5, 0.6) is 0 Å². The number of rotatable bonds is 8. The van der Waals surface area contributed by atoms with Crippen LogP contribution in [-0.4, -0.2) is 49.6 Å². The number of hydrogen-bond donors (Lipinski definition) is 3. The van der Waals surface area contributed by atoms with Crippen molar-refractivity contribution in [2.45, 2.75) is 65.6 Å². The van der Waals surface area contributed by atoms with Gasteiger partial charge in [-0.2, -0.15) is 0 Å². The van der Waals surface area contributed by atoms with Crippen LogP contribution in [0, 0.1) is 0 Å². The third-order valence-electron chi connectivity index (χ3n) is 2.40. The maximum Gasteiger partial charge on any atom is 0.407 e. The molecule has 7 heteroatoms. The molecule has 0 rings (SSSR count). The molecule has 0 spiro atoms. The highest BCUT2D eigenvalue weighted by Gasteiger charge is 2.16. The summed E-state index contributed by atoms with van der Waals surface area (Å²) in [4.78, 5) is 22.8. The Bertz CT molecular complexity index is 325. The molecule has 0 aliphatic heterocycles. The minimum absolute atomic E-state index is 0.390. The third kappa shape index (κ3) is 16.7. The van der Waals surface area contributed by atoms with Crippen molar-refractivity contribution in [1.82, 2.24) is 16.0 Å². The van der Waals surface area contributed by atoms with E-state index in [4.69, 9.17) is 9.47 Å². The molecule has 2 amide bonds. The highest BCUT2D eigenvalue weighted by molar-refractivity contribution is 5.67. The lowest BCUT2D eigenvalue weighted by Gasteiger charge is -2.19. The molecule has 0 bridgehead atoms. The average Bonchev–Trinajstić information content (AvgIpc) is 2.32. The summed E-state index contributed by atoms with van der Waals surface area (Å²) < 4.78 is 10.3. The lowest BCUT2D eigenvalue weighted by Crippen LogP contribution is -2.35. The summed E-state index contributed by atoms with van der Waals surface area (Å²) in [6.07, 6.45) is 0.857. The van der Waals surface area contributed by atoms with Crippen molar-refractivity contribution < 1.29 is 19.1 Å². The molecule has 0 saturated carbocycles. The van der Waals surface area contributed by atoms with Crippen LogP contribution in [0.4, 0.5) is 9.59 Å². The normalized spacial score (nSPS) is 11.7. The molecular weight excluding hydrogens is 298 g/mol. The predicted octanol–water partition coefficient (Wildman–Crippen LogP) is 2.41. The summed E-state index contributed by atoms with van der Waals surface area (Å²) in [5, 5.41) is 8.65. The Morgan fingerprint density at radius 3 is 1.35 bits per heavy atom. The monoisotopic (exact) mass is 331 g/mol. The van der Waals surface area contributed by atoms with Crippen LogP contribution < -0.4 is 16.0 Å². The molecule has 0 atom stereocenters. The molecule has 0 saturated heterocycles. The number of carbonyl (C=O) groups is 2. The van der Waals surface area contributed by atoms with E-state index >= 15 is 0 Å². The largest absolute Gasteiger partial charge is 0.444 e. The van der Waals surface area contributed by atoms with Crippen molar-refractivity contribution in [2.24, 2.45) is 0 Å². The van der Waals surface area contributed by atoms with E-state index in [9.17, 15) is 9.59 Å². The fourth-order valence-corrected chi connectivity index (χ4v) is 1.56. The smallest absolute Gasteiger partial charge is 0.407 e. The Morgan fingerprint density at radius 1 is 0.696 bits per heavy atom. The van der Waals surface area contributed by atoms with E-state index < -0.39 is 11.2 Å². The Hall–Kier alpha value is -1.50. The molecule has 23 heavy (non-hydrogen) atoms. The van der Waals surface area contributed by atoms with Crippen molar-refractivity contribution >= 4 is 12.2 Å². The standard InChI is InChI=1S/C16H33N3O4/c1-15(2,3)22-13(20)18-11-7-9-17-10-8-12-19-14(21)23-16(4,5)6/h17H,7-12H2,1-6H3,(H,18,20)(H,19,21). The number of amides is 2. The highest BCUT2D eigenvalue weighted by atomic mass is 16.6. The quantitative estimate of drug-likeness (QED) is 0.594. The van der Waals surface area contributed by atoms with Crippen molar-refractivity contribution in [2.75, 3.05) is 26.2 Å². The molecule has 3 N–H and O–H groups in total. The molecule has 0 fully saturated rings. The van der Waals surface area contributed by atoms with E-state index in [0.29, 0.717) is 13.1 Å². The Kier molecular flexibility index (Phi) is 9.64. The van der Waals surface area contributed by atoms with Gasteiger partial charge in [0.25, 0.3) is 0 Å². The second kappa shape index (κ2) is 10.3. The number of carbonyl (C=O) groups excluding carboxylic acids is 2. The molecular formula is C16H33N3O4. The number of ether oxygens (including phenoxy) is 2. The van der Waals surface area contributed by atoms with E-state index in [-0.39, 0.29) is 12.2 Å². The molecule has 0 heterocycles. The van der Waals surface area contributed by atoms with Crippen molar-refractivity contribution in [3.63, 3.8) is 0 Å². The summed E-state index contributed by atoms with van der Waals surface area (Å²) >= 11 is 0. The van der Waals surface area contributed by atoms with Gasteiger partial charge in [0.05, 0.1) is 0 Å². The van der Waals surface area contributed by atoms with E-state index in [2.05, 4.69) is 16.0 Å².